The van der Waals surface area contributed by atoms with Crippen molar-refractivity contribution in [2.45, 2.75) is 13.8 Å². The van der Waals surface area contributed by atoms with Gasteiger partial charge in [0.2, 0.25) is 5.52 Å². The fourth-order valence-corrected chi connectivity index (χ4v) is 1.76. The molecule has 0 radical (unpaired) electrons. The number of carbonyl (C=O) groups is 1. The van der Waals surface area contributed by atoms with Gasteiger partial charge in [0.05, 0.1) is 6.61 Å². The highest BCUT2D eigenvalue weighted by molar-refractivity contribution is 5.86. The van der Waals surface area contributed by atoms with Crippen molar-refractivity contribution in [3.63, 3.8) is 0 Å². The van der Waals surface area contributed by atoms with Crippen LogP contribution in [0.25, 0.3) is 11.0 Å². The largest absolute Gasteiger partial charge is 0.617 e. The summed E-state index contributed by atoms with van der Waals surface area (Å²) >= 11 is 0. The molecule has 1 heterocycles. The van der Waals surface area contributed by atoms with Gasteiger partial charge in [-0.05, 0) is 25.5 Å². The van der Waals surface area contributed by atoms with Gasteiger partial charge in [-0.2, -0.15) is 4.73 Å². The van der Waals surface area contributed by atoms with Crippen LogP contribution in [0.3, 0.4) is 0 Å². The summed E-state index contributed by atoms with van der Waals surface area (Å²) in [4.78, 5) is 23.4. The van der Waals surface area contributed by atoms with Gasteiger partial charge in [0, 0.05) is 6.07 Å². The van der Waals surface area contributed by atoms with E-state index in [-0.39, 0.29) is 27.1 Å². The second-order valence-corrected chi connectivity index (χ2v) is 3.97. The standard InChI is InChI=1S/C12H12N2O5/c1-3-19-12(16)10-11(15)14(18)8-5-4-7(2)6-9(8)13(10)17/h4-6,18H,3H2,1-2H3. The normalized spacial score (nSPS) is 10.6. The Morgan fingerprint density at radius 3 is 2.84 bits per heavy atom. The molecule has 0 unspecified atom stereocenters. The molecule has 0 fully saturated rings. The van der Waals surface area contributed by atoms with Crippen LogP contribution in [0.1, 0.15) is 23.0 Å². The third kappa shape index (κ3) is 1.99. The predicted molar refractivity (Wildman–Crippen MR) is 65.0 cm³/mol. The zero-order valence-corrected chi connectivity index (χ0v) is 10.4. The molecule has 2 rings (SSSR count). The number of ether oxygens (including phenoxy) is 1. The van der Waals surface area contributed by atoms with Crippen molar-refractivity contribution in [3.05, 3.63) is 45.0 Å². The lowest BCUT2D eigenvalue weighted by Crippen LogP contribution is -2.46. The monoisotopic (exact) mass is 264 g/mol. The number of esters is 1. The van der Waals surface area contributed by atoms with E-state index in [2.05, 4.69) is 4.74 Å². The molecule has 7 nitrogen and oxygen atoms in total. The van der Waals surface area contributed by atoms with E-state index in [9.17, 15) is 20.0 Å². The highest BCUT2D eigenvalue weighted by atomic mass is 16.5. The summed E-state index contributed by atoms with van der Waals surface area (Å²) in [7, 11) is 0. The van der Waals surface area contributed by atoms with Gasteiger partial charge in [0.15, 0.2) is 5.52 Å². The molecule has 0 aliphatic carbocycles. The van der Waals surface area contributed by atoms with Gasteiger partial charge in [-0.3, -0.25) is 4.79 Å². The Kier molecular flexibility index (Phi) is 3.12. The van der Waals surface area contributed by atoms with Crippen molar-refractivity contribution in [2.75, 3.05) is 6.61 Å². The van der Waals surface area contributed by atoms with E-state index in [1.807, 2.05) is 0 Å². The minimum absolute atomic E-state index is 0.0187. The summed E-state index contributed by atoms with van der Waals surface area (Å²) in [5.74, 6) is -1.06. The smallest absolute Gasteiger partial charge is 0.411 e. The molecular weight excluding hydrogens is 252 g/mol. The molecule has 0 spiro atoms. The van der Waals surface area contributed by atoms with Crippen LogP contribution in [0.4, 0.5) is 0 Å². The summed E-state index contributed by atoms with van der Waals surface area (Å²) in [6.07, 6.45) is 0. The maximum absolute atomic E-state index is 12.1. The number of nitrogens with zero attached hydrogens (tertiary/aromatic N) is 2. The Morgan fingerprint density at radius 2 is 2.21 bits per heavy atom. The first kappa shape index (κ1) is 12.9. The molecule has 7 heteroatoms. The Hall–Kier alpha value is -2.57. The van der Waals surface area contributed by atoms with E-state index in [1.54, 1.807) is 19.9 Å². The lowest BCUT2D eigenvalue weighted by molar-refractivity contribution is -0.582. The molecule has 0 bridgehead atoms. The quantitative estimate of drug-likeness (QED) is 0.365. The van der Waals surface area contributed by atoms with E-state index in [0.29, 0.717) is 0 Å². The fraction of sp³-hybridized carbons (Fsp3) is 0.250. The van der Waals surface area contributed by atoms with E-state index < -0.39 is 17.2 Å². The lowest BCUT2D eigenvalue weighted by Gasteiger charge is -2.09. The van der Waals surface area contributed by atoms with Crippen molar-refractivity contribution in [2.24, 2.45) is 0 Å². The fourth-order valence-electron chi connectivity index (χ4n) is 1.76. The number of aryl methyl sites for hydroxylation is 1. The van der Waals surface area contributed by atoms with Crippen LogP contribution in [0.2, 0.25) is 0 Å². The molecule has 19 heavy (non-hydrogen) atoms. The zero-order valence-electron chi connectivity index (χ0n) is 10.4. The minimum Gasteiger partial charge on any atom is -0.617 e. The van der Waals surface area contributed by atoms with E-state index in [4.69, 9.17) is 0 Å². The summed E-state index contributed by atoms with van der Waals surface area (Å²) in [5.41, 5.74) is -1.07. The number of carbonyl (C=O) groups excluding carboxylic acids is 1. The van der Waals surface area contributed by atoms with Gasteiger partial charge in [-0.1, -0.05) is 6.07 Å². The van der Waals surface area contributed by atoms with Crippen molar-refractivity contribution in [1.82, 2.24) is 4.73 Å². The van der Waals surface area contributed by atoms with Crippen LogP contribution in [0, 0.1) is 12.1 Å². The summed E-state index contributed by atoms with van der Waals surface area (Å²) < 4.78 is 5.10. The predicted octanol–water partition coefficient (Wildman–Crippen LogP) is 0.357. The molecule has 0 atom stereocenters. The molecule has 0 saturated heterocycles. The van der Waals surface area contributed by atoms with Crippen LogP contribution in [-0.4, -0.2) is 22.5 Å². The zero-order chi connectivity index (χ0) is 14.2. The van der Waals surface area contributed by atoms with Crippen LogP contribution >= 0.6 is 0 Å². The maximum Gasteiger partial charge on any atom is 0.411 e. The Labute approximate surface area is 107 Å². The lowest BCUT2D eigenvalue weighted by atomic mass is 10.2. The van der Waals surface area contributed by atoms with Crippen molar-refractivity contribution >= 4 is 17.0 Å². The molecule has 100 valence electrons. The Morgan fingerprint density at radius 1 is 1.53 bits per heavy atom. The molecule has 0 amide bonds. The van der Waals surface area contributed by atoms with Gasteiger partial charge in [0.1, 0.15) is 0 Å². The average molecular weight is 264 g/mol. The van der Waals surface area contributed by atoms with Crippen LogP contribution in [-0.2, 0) is 4.74 Å². The van der Waals surface area contributed by atoms with E-state index in [1.165, 1.54) is 12.1 Å². The first-order valence-electron chi connectivity index (χ1n) is 5.62. The van der Waals surface area contributed by atoms with Gasteiger partial charge in [0.25, 0.3) is 0 Å². The second-order valence-electron chi connectivity index (χ2n) is 3.97. The van der Waals surface area contributed by atoms with Crippen LogP contribution in [0.5, 0.6) is 0 Å². The van der Waals surface area contributed by atoms with Crippen molar-refractivity contribution < 1.29 is 19.5 Å². The van der Waals surface area contributed by atoms with Gasteiger partial charge in [-0.15, -0.1) is 4.73 Å². The first-order chi connectivity index (χ1) is 8.97. The molecule has 0 aliphatic heterocycles. The van der Waals surface area contributed by atoms with E-state index >= 15 is 0 Å². The number of fused-ring (bicyclic) bond motifs is 1. The summed E-state index contributed by atoms with van der Waals surface area (Å²) in [6, 6.07) is 4.53. The molecule has 1 aromatic carbocycles. The Bertz CT molecular complexity index is 720. The molecule has 1 aromatic heterocycles. The highest BCUT2D eigenvalue weighted by Crippen LogP contribution is 2.10. The van der Waals surface area contributed by atoms with Crippen molar-refractivity contribution in [1.29, 1.82) is 0 Å². The van der Waals surface area contributed by atoms with Crippen LogP contribution < -0.4 is 10.3 Å². The average Bonchev–Trinajstić information content (AvgIpc) is 2.36. The maximum atomic E-state index is 12.1. The topological polar surface area (TPSA) is 95.5 Å². The second kappa shape index (κ2) is 4.60. The number of rotatable bonds is 2. The van der Waals surface area contributed by atoms with Crippen molar-refractivity contribution in [3.8, 4) is 0 Å². The number of hydrogen-bond acceptors (Lipinski definition) is 5. The van der Waals surface area contributed by atoms with Gasteiger partial charge >= 0.3 is 17.2 Å². The molecule has 1 N–H and O–H groups in total. The minimum atomic E-state index is -1.11. The van der Waals surface area contributed by atoms with Gasteiger partial charge in [-0.25, -0.2) is 4.79 Å². The number of benzene rings is 1. The SMILES string of the molecule is CCOC(=O)c1c(=O)n(O)c2ccc(C)cc2[n+]1[O-]. The third-order valence-corrected chi connectivity index (χ3v) is 2.64. The molecular formula is C12H12N2O5. The number of hydrogen-bond donors (Lipinski definition) is 1. The molecule has 0 aliphatic rings. The third-order valence-electron chi connectivity index (χ3n) is 2.64. The summed E-state index contributed by atoms with van der Waals surface area (Å²) in [6.45, 7) is 3.32. The van der Waals surface area contributed by atoms with Crippen LogP contribution in [0.15, 0.2) is 23.0 Å². The first-order valence-corrected chi connectivity index (χ1v) is 5.62. The molecule has 0 saturated carbocycles. The van der Waals surface area contributed by atoms with E-state index in [0.717, 1.165) is 5.56 Å². The summed E-state index contributed by atoms with van der Waals surface area (Å²) in [5, 5.41) is 21.8. The number of aromatic nitrogens is 2. The Balaban J connectivity index is 2.86. The van der Waals surface area contributed by atoms with Gasteiger partial charge < -0.3 is 15.2 Å². The molecule has 2 aromatic rings. The highest BCUT2D eigenvalue weighted by Gasteiger charge is 2.28.